The summed E-state index contributed by atoms with van der Waals surface area (Å²) in [4.78, 5) is 2.76. The highest BCUT2D eigenvalue weighted by atomic mass is 32.2. The van der Waals surface area contributed by atoms with E-state index < -0.39 is 0 Å². The van der Waals surface area contributed by atoms with Crippen LogP contribution in [0.4, 0.5) is 0 Å². The Morgan fingerprint density at radius 1 is 1.38 bits per heavy atom. The van der Waals surface area contributed by atoms with Crippen LogP contribution in [0, 0.1) is 0 Å². The Kier molecular flexibility index (Phi) is 4.98. The molecule has 1 aliphatic heterocycles. The maximum absolute atomic E-state index is 3.65. The van der Waals surface area contributed by atoms with Gasteiger partial charge in [-0.2, -0.15) is 11.8 Å². The zero-order chi connectivity index (χ0) is 11.4. The summed E-state index contributed by atoms with van der Waals surface area (Å²) >= 11 is 2.07. The van der Waals surface area contributed by atoms with Crippen molar-refractivity contribution in [3.05, 3.63) is 0 Å². The molecule has 1 heterocycles. The topological polar surface area (TPSA) is 15.3 Å². The van der Waals surface area contributed by atoms with Gasteiger partial charge >= 0.3 is 0 Å². The maximum atomic E-state index is 3.65. The van der Waals surface area contributed by atoms with Gasteiger partial charge in [0.25, 0.3) is 0 Å². The number of piperazine rings is 1. The molecule has 1 saturated carbocycles. The highest BCUT2D eigenvalue weighted by Gasteiger charge is 2.31. The molecule has 0 radical (unpaired) electrons. The van der Waals surface area contributed by atoms with Crippen LogP contribution in [0.25, 0.3) is 0 Å². The van der Waals surface area contributed by atoms with Crippen molar-refractivity contribution in [1.29, 1.82) is 0 Å². The van der Waals surface area contributed by atoms with E-state index >= 15 is 0 Å². The van der Waals surface area contributed by atoms with Crippen LogP contribution >= 0.6 is 11.8 Å². The van der Waals surface area contributed by atoms with Gasteiger partial charge in [0.15, 0.2) is 0 Å². The highest BCUT2D eigenvalue weighted by Crippen LogP contribution is 2.31. The van der Waals surface area contributed by atoms with Gasteiger partial charge in [-0.05, 0) is 31.9 Å². The summed E-state index contributed by atoms with van der Waals surface area (Å²) < 4.78 is 0. The largest absolute Gasteiger partial charge is 0.311 e. The molecule has 1 saturated heterocycles. The lowest BCUT2D eigenvalue weighted by molar-refractivity contribution is 0.142. The number of nitrogens with one attached hydrogen (secondary N) is 1. The van der Waals surface area contributed by atoms with Crippen LogP contribution in [0.15, 0.2) is 0 Å². The van der Waals surface area contributed by atoms with E-state index in [2.05, 4.69) is 35.2 Å². The minimum absolute atomic E-state index is 0.757. The second-order valence-electron chi connectivity index (χ2n) is 5.26. The Hall–Kier alpha value is 0.270. The molecule has 3 heteroatoms. The van der Waals surface area contributed by atoms with Gasteiger partial charge in [0.1, 0.15) is 0 Å². The second kappa shape index (κ2) is 6.27. The van der Waals surface area contributed by atoms with Crippen molar-refractivity contribution in [3.8, 4) is 0 Å². The third-order valence-electron chi connectivity index (χ3n) is 4.13. The van der Waals surface area contributed by atoms with Gasteiger partial charge in [-0.25, -0.2) is 0 Å². The van der Waals surface area contributed by atoms with Gasteiger partial charge < -0.3 is 5.32 Å². The number of hydrogen-bond donors (Lipinski definition) is 1. The molecule has 2 nitrogen and oxygen atoms in total. The van der Waals surface area contributed by atoms with Crippen LogP contribution < -0.4 is 5.32 Å². The van der Waals surface area contributed by atoms with Crippen molar-refractivity contribution in [2.45, 2.75) is 56.4 Å². The van der Waals surface area contributed by atoms with E-state index in [-0.39, 0.29) is 0 Å². The molecule has 2 fully saturated rings. The molecule has 0 aromatic heterocycles. The van der Waals surface area contributed by atoms with E-state index in [9.17, 15) is 0 Å². The standard InChI is InChI=1S/C13H26N2S/c1-3-4-11-10-15(8-7-14-11)12-5-6-13(9-12)16-2/h11-14H,3-10H2,1-2H3. The summed E-state index contributed by atoms with van der Waals surface area (Å²) in [6, 6.07) is 1.64. The summed E-state index contributed by atoms with van der Waals surface area (Å²) in [6.45, 7) is 6.05. The van der Waals surface area contributed by atoms with Crippen molar-refractivity contribution in [2.75, 3.05) is 25.9 Å². The first-order valence-electron chi connectivity index (χ1n) is 6.83. The van der Waals surface area contributed by atoms with Crippen LogP contribution in [-0.4, -0.2) is 48.1 Å². The lowest BCUT2D eigenvalue weighted by atomic mass is 10.1. The van der Waals surface area contributed by atoms with E-state index in [0.717, 1.165) is 17.3 Å². The van der Waals surface area contributed by atoms with Crippen molar-refractivity contribution < 1.29 is 0 Å². The fourth-order valence-corrected chi connectivity index (χ4v) is 3.97. The van der Waals surface area contributed by atoms with Crippen molar-refractivity contribution >= 4 is 11.8 Å². The third-order valence-corrected chi connectivity index (χ3v) is 5.23. The van der Waals surface area contributed by atoms with Crippen molar-refractivity contribution in [1.82, 2.24) is 10.2 Å². The summed E-state index contributed by atoms with van der Waals surface area (Å²) in [5.41, 5.74) is 0. The Balaban J connectivity index is 1.80. The molecule has 0 aromatic carbocycles. The predicted molar refractivity (Wildman–Crippen MR) is 73.2 cm³/mol. The lowest BCUT2D eigenvalue weighted by Gasteiger charge is -2.37. The average Bonchev–Trinajstić information content (AvgIpc) is 2.78. The number of nitrogens with zero attached hydrogens (tertiary/aromatic N) is 1. The van der Waals surface area contributed by atoms with Crippen LogP contribution in [0.5, 0.6) is 0 Å². The maximum Gasteiger partial charge on any atom is 0.0195 e. The minimum Gasteiger partial charge on any atom is -0.311 e. The molecule has 3 atom stereocenters. The minimum atomic E-state index is 0.757. The summed E-state index contributed by atoms with van der Waals surface area (Å²) in [5, 5.41) is 4.59. The molecule has 1 N–H and O–H groups in total. The van der Waals surface area contributed by atoms with Crippen molar-refractivity contribution in [2.24, 2.45) is 0 Å². The second-order valence-corrected chi connectivity index (χ2v) is 6.40. The summed E-state index contributed by atoms with van der Waals surface area (Å²) in [6.07, 6.45) is 9.22. The van der Waals surface area contributed by atoms with Gasteiger partial charge in [0.2, 0.25) is 0 Å². The monoisotopic (exact) mass is 242 g/mol. The zero-order valence-electron chi connectivity index (χ0n) is 10.7. The normalized spacial score (nSPS) is 36.8. The number of thioether (sulfide) groups is 1. The van der Waals surface area contributed by atoms with E-state index in [0.29, 0.717) is 0 Å². The Morgan fingerprint density at radius 2 is 2.25 bits per heavy atom. The molecule has 1 aliphatic carbocycles. The van der Waals surface area contributed by atoms with Gasteiger partial charge in [0, 0.05) is 37.0 Å². The zero-order valence-corrected chi connectivity index (χ0v) is 11.6. The molecule has 0 bridgehead atoms. The SMILES string of the molecule is CCCC1CN(C2CCC(SC)C2)CCN1. The molecule has 2 aliphatic rings. The van der Waals surface area contributed by atoms with E-state index in [1.807, 2.05) is 0 Å². The summed E-state index contributed by atoms with van der Waals surface area (Å²) in [5.74, 6) is 0. The first-order valence-corrected chi connectivity index (χ1v) is 8.12. The van der Waals surface area contributed by atoms with Crippen LogP contribution in [-0.2, 0) is 0 Å². The molecule has 94 valence electrons. The molecule has 0 aromatic rings. The Bertz CT molecular complexity index is 208. The van der Waals surface area contributed by atoms with Gasteiger partial charge in [0.05, 0.1) is 0 Å². The summed E-state index contributed by atoms with van der Waals surface area (Å²) in [7, 11) is 0. The molecular weight excluding hydrogens is 216 g/mol. The molecule has 0 amide bonds. The van der Waals surface area contributed by atoms with Gasteiger partial charge in [-0.1, -0.05) is 13.3 Å². The fraction of sp³-hybridized carbons (Fsp3) is 1.00. The highest BCUT2D eigenvalue weighted by molar-refractivity contribution is 7.99. The number of rotatable bonds is 4. The molecule has 3 unspecified atom stereocenters. The van der Waals surface area contributed by atoms with Gasteiger partial charge in [-0.3, -0.25) is 4.90 Å². The molecule has 16 heavy (non-hydrogen) atoms. The van der Waals surface area contributed by atoms with Gasteiger partial charge in [-0.15, -0.1) is 0 Å². The smallest absolute Gasteiger partial charge is 0.0195 e. The Labute approximate surface area is 105 Å². The van der Waals surface area contributed by atoms with E-state index in [4.69, 9.17) is 0 Å². The predicted octanol–water partition coefficient (Wildman–Crippen LogP) is 2.34. The van der Waals surface area contributed by atoms with E-state index in [1.54, 1.807) is 0 Å². The average molecular weight is 242 g/mol. The Morgan fingerprint density at radius 3 is 2.94 bits per heavy atom. The third kappa shape index (κ3) is 3.14. The lowest BCUT2D eigenvalue weighted by Crippen LogP contribution is -2.53. The van der Waals surface area contributed by atoms with Crippen LogP contribution in [0.2, 0.25) is 0 Å². The van der Waals surface area contributed by atoms with Crippen molar-refractivity contribution in [3.63, 3.8) is 0 Å². The first kappa shape index (κ1) is 12.7. The van der Waals surface area contributed by atoms with Crippen LogP contribution in [0.1, 0.15) is 39.0 Å². The van der Waals surface area contributed by atoms with E-state index in [1.165, 1.54) is 51.7 Å². The number of hydrogen-bond acceptors (Lipinski definition) is 3. The van der Waals surface area contributed by atoms with Crippen LogP contribution in [0.3, 0.4) is 0 Å². The molecule has 2 rings (SSSR count). The first-order chi connectivity index (χ1) is 7.83. The molecular formula is C13H26N2S. The molecule has 0 spiro atoms. The fourth-order valence-electron chi connectivity index (χ4n) is 3.19. The quantitative estimate of drug-likeness (QED) is 0.814.